The first kappa shape index (κ1) is 22.4. The van der Waals surface area contributed by atoms with E-state index in [4.69, 9.17) is 4.74 Å². The molecule has 0 bridgehead atoms. The van der Waals surface area contributed by atoms with Crippen molar-refractivity contribution in [2.24, 2.45) is 5.92 Å². The Morgan fingerprint density at radius 2 is 1.77 bits per heavy atom. The van der Waals surface area contributed by atoms with Gasteiger partial charge in [-0.25, -0.2) is 17.6 Å². The number of anilines is 1. The van der Waals surface area contributed by atoms with Crippen molar-refractivity contribution in [2.75, 3.05) is 25.5 Å². The van der Waals surface area contributed by atoms with Gasteiger partial charge in [0, 0.05) is 23.9 Å². The molecule has 1 N–H and O–H groups in total. The summed E-state index contributed by atoms with van der Waals surface area (Å²) in [7, 11) is -2.45. The minimum Gasteiger partial charge on any atom is -0.465 e. The van der Waals surface area contributed by atoms with E-state index < -0.39 is 21.8 Å². The summed E-state index contributed by atoms with van der Waals surface area (Å²) in [6.07, 6.45) is 0.701. The molecule has 1 aromatic carbocycles. The van der Waals surface area contributed by atoms with Crippen LogP contribution in [0.4, 0.5) is 9.39 Å². The number of thiophene rings is 1. The van der Waals surface area contributed by atoms with Gasteiger partial charge in [0.25, 0.3) is 0 Å². The minimum absolute atomic E-state index is 0.0269. The lowest BCUT2D eigenvalue weighted by molar-refractivity contribution is -0.120. The first-order valence-electron chi connectivity index (χ1n) is 9.40. The number of hydrogen-bond acceptors (Lipinski definition) is 6. The maximum Gasteiger partial charge on any atom is 0.341 e. The number of benzene rings is 1. The van der Waals surface area contributed by atoms with Gasteiger partial charge in [-0.15, -0.1) is 11.3 Å². The molecule has 0 radical (unpaired) electrons. The highest BCUT2D eigenvalue weighted by atomic mass is 32.2. The van der Waals surface area contributed by atoms with Gasteiger partial charge in [0.15, 0.2) is 0 Å². The van der Waals surface area contributed by atoms with Crippen molar-refractivity contribution >= 4 is 38.2 Å². The molecule has 30 heavy (non-hydrogen) atoms. The highest BCUT2D eigenvalue weighted by Gasteiger charge is 2.33. The predicted molar refractivity (Wildman–Crippen MR) is 112 cm³/mol. The third-order valence-corrected chi connectivity index (χ3v) is 8.32. The average Bonchev–Trinajstić information content (AvgIpc) is 3.01. The quantitative estimate of drug-likeness (QED) is 0.700. The molecule has 2 aromatic rings. The summed E-state index contributed by atoms with van der Waals surface area (Å²) in [5.74, 6) is -1.64. The van der Waals surface area contributed by atoms with E-state index in [-0.39, 0.29) is 29.8 Å². The maximum absolute atomic E-state index is 13.1. The number of carbonyl (C=O) groups excluding carboxylic acids is 2. The number of ether oxygens (including phenoxy) is 1. The lowest BCUT2D eigenvalue weighted by Gasteiger charge is -2.30. The van der Waals surface area contributed by atoms with Crippen LogP contribution in [0.5, 0.6) is 0 Å². The Morgan fingerprint density at radius 3 is 2.33 bits per heavy atom. The van der Waals surface area contributed by atoms with Crippen molar-refractivity contribution < 1.29 is 27.1 Å². The molecule has 1 fully saturated rings. The predicted octanol–water partition coefficient (Wildman–Crippen LogP) is 3.33. The van der Waals surface area contributed by atoms with Crippen LogP contribution in [0, 0.1) is 25.6 Å². The molecule has 7 nitrogen and oxygen atoms in total. The molecular formula is C20H23FN2O5S2. The van der Waals surface area contributed by atoms with Gasteiger partial charge in [-0.2, -0.15) is 4.31 Å². The second kappa shape index (κ2) is 8.83. The summed E-state index contributed by atoms with van der Waals surface area (Å²) >= 11 is 1.31. The fourth-order valence-electron chi connectivity index (χ4n) is 3.39. The number of amides is 1. The second-order valence-corrected chi connectivity index (χ2v) is 10.3. The molecule has 0 saturated carbocycles. The number of piperidine rings is 1. The van der Waals surface area contributed by atoms with Gasteiger partial charge in [0.05, 0.1) is 17.6 Å². The molecule has 10 heteroatoms. The normalized spacial score (nSPS) is 15.7. The lowest BCUT2D eigenvalue weighted by atomic mass is 9.97. The third kappa shape index (κ3) is 4.40. The third-order valence-electron chi connectivity index (χ3n) is 5.29. The number of rotatable bonds is 5. The van der Waals surface area contributed by atoms with Crippen molar-refractivity contribution in [1.82, 2.24) is 4.31 Å². The number of hydrogen-bond donors (Lipinski definition) is 1. The monoisotopic (exact) mass is 454 g/mol. The summed E-state index contributed by atoms with van der Waals surface area (Å²) in [5, 5.41) is 3.27. The summed E-state index contributed by atoms with van der Waals surface area (Å²) < 4.78 is 44.6. The highest BCUT2D eigenvalue weighted by molar-refractivity contribution is 7.89. The lowest BCUT2D eigenvalue weighted by Crippen LogP contribution is -2.41. The van der Waals surface area contributed by atoms with Crippen LogP contribution in [-0.2, 0) is 19.6 Å². The molecular weight excluding hydrogens is 431 g/mol. The number of nitrogens with zero attached hydrogens (tertiary/aromatic N) is 1. The van der Waals surface area contributed by atoms with Gasteiger partial charge in [0.1, 0.15) is 10.8 Å². The second-order valence-electron chi connectivity index (χ2n) is 7.10. The molecule has 162 valence electrons. The highest BCUT2D eigenvalue weighted by Crippen LogP contribution is 2.34. The van der Waals surface area contributed by atoms with Gasteiger partial charge in [-0.05, 0) is 56.5 Å². The van der Waals surface area contributed by atoms with Crippen LogP contribution in [0.2, 0.25) is 0 Å². The fraction of sp³-hybridized carbons (Fsp3) is 0.400. The number of sulfonamides is 1. The zero-order valence-corrected chi connectivity index (χ0v) is 18.5. The number of methoxy groups -OCH3 is 1. The van der Waals surface area contributed by atoms with Gasteiger partial charge < -0.3 is 10.1 Å². The van der Waals surface area contributed by atoms with Crippen LogP contribution in [0.3, 0.4) is 0 Å². The van der Waals surface area contributed by atoms with E-state index in [1.807, 2.05) is 6.92 Å². The smallest absolute Gasteiger partial charge is 0.341 e. The molecule has 0 atom stereocenters. The largest absolute Gasteiger partial charge is 0.465 e. The molecule has 1 saturated heterocycles. The summed E-state index contributed by atoms with van der Waals surface area (Å²) in [4.78, 5) is 25.8. The van der Waals surface area contributed by atoms with Gasteiger partial charge in [-0.1, -0.05) is 0 Å². The van der Waals surface area contributed by atoms with Crippen LogP contribution in [0.15, 0.2) is 29.2 Å². The molecule has 1 aliphatic heterocycles. The molecule has 0 unspecified atom stereocenters. The Hall–Kier alpha value is -2.30. The van der Waals surface area contributed by atoms with E-state index in [9.17, 15) is 22.4 Å². The standard InChI is InChI=1S/C20H23FN2O5S2/c1-12-13(2)29-19(17(12)20(25)28-3)22-18(24)14-8-10-23(11-9-14)30(26,27)16-6-4-15(21)5-7-16/h4-7,14H,8-11H2,1-3H3,(H,22,24). The molecule has 2 heterocycles. The molecule has 1 aliphatic rings. The van der Waals surface area contributed by atoms with E-state index in [1.54, 1.807) is 6.92 Å². The van der Waals surface area contributed by atoms with Crippen LogP contribution in [0.1, 0.15) is 33.6 Å². The van der Waals surface area contributed by atoms with Crippen molar-refractivity contribution in [3.05, 3.63) is 46.1 Å². The number of esters is 1. The van der Waals surface area contributed by atoms with Crippen molar-refractivity contribution in [2.45, 2.75) is 31.6 Å². The minimum atomic E-state index is -3.73. The van der Waals surface area contributed by atoms with Gasteiger partial charge in [-0.3, -0.25) is 4.79 Å². The Kier molecular flexibility index (Phi) is 6.59. The van der Waals surface area contributed by atoms with Gasteiger partial charge >= 0.3 is 5.97 Å². The SMILES string of the molecule is COC(=O)c1c(NC(=O)C2CCN(S(=O)(=O)c3ccc(F)cc3)CC2)sc(C)c1C. The summed E-state index contributed by atoms with van der Waals surface area (Å²) in [5.41, 5.74) is 1.12. The van der Waals surface area contributed by atoms with Crippen molar-refractivity contribution in [3.8, 4) is 0 Å². The van der Waals surface area contributed by atoms with E-state index in [2.05, 4.69) is 5.32 Å². The van der Waals surface area contributed by atoms with E-state index >= 15 is 0 Å². The molecule has 1 aromatic heterocycles. The fourth-order valence-corrected chi connectivity index (χ4v) is 5.91. The Labute approximate surface area is 178 Å². The van der Waals surface area contributed by atoms with E-state index in [0.29, 0.717) is 23.4 Å². The molecule has 3 rings (SSSR count). The number of nitrogens with one attached hydrogen (secondary N) is 1. The Morgan fingerprint density at radius 1 is 1.17 bits per heavy atom. The zero-order chi connectivity index (χ0) is 22.1. The molecule has 1 amide bonds. The van der Waals surface area contributed by atoms with Crippen molar-refractivity contribution in [3.63, 3.8) is 0 Å². The Balaban J connectivity index is 1.67. The average molecular weight is 455 g/mol. The first-order chi connectivity index (χ1) is 14.1. The number of halogens is 1. The Bertz CT molecular complexity index is 1060. The summed E-state index contributed by atoms with van der Waals surface area (Å²) in [6.45, 7) is 4.03. The van der Waals surface area contributed by atoms with Crippen LogP contribution in [0.25, 0.3) is 0 Å². The van der Waals surface area contributed by atoms with Gasteiger partial charge in [0.2, 0.25) is 15.9 Å². The molecule has 0 aliphatic carbocycles. The zero-order valence-electron chi connectivity index (χ0n) is 16.9. The van der Waals surface area contributed by atoms with Crippen LogP contribution < -0.4 is 5.32 Å². The maximum atomic E-state index is 13.1. The molecule has 0 spiro atoms. The van der Waals surface area contributed by atoms with Crippen LogP contribution >= 0.6 is 11.3 Å². The number of carbonyl (C=O) groups is 2. The first-order valence-corrected chi connectivity index (χ1v) is 11.7. The van der Waals surface area contributed by atoms with E-state index in [0.717, 1.165) is 22.6 Å². The summed E-state index contributed by atoms with van der Waals surface area (Å²) in [6, 6.07) is 4.69. The van der Waals surface area contributed by atoms with Crippen molar-refractivity contribution in [1.29, 1.82) is 0 Å². The van der Waals surface area contributed by atoms with E-state index in [1.165, 1.54) is 34.9 Å². The number of aryl methyl sites for hydroxylation is 1. The topological polar surface area (TPSA) is 92.8 Å². The van der Waals surface area contributed by atoms with Crippen LogP contribution in [-0.4, -0.2) is 44.8 Å².